The number of alkyl halides is 2. The van der Waals surface area contributed by atoms with Crippen LogP contribution in [0.2, 0.25) is 0 Å². The predicted molar refractivity (Wildman–Crippen MR) is 113 cm³/mol. The van der Waals surface area contributed by atoms with E-state index in [0.29, 0.717) is 36.2 Å². The number of methoxy groups -OCH3 is 1. The van der Waals surface area contributed by atoms with Crippen molar-refractivity contribution in [3.63, 3.8) is 0 Å². The minimum absolute atomic E-state index is 0.122. The summed E-state index contributed by atoms with van der Waals surface area (Å²) in [6, 6.07) is 0.618. The zero-order valence-electron chi connectivity index (χ0n) is 17.7. The van der Waals surface area contributed by atoms with Crippen molar-refractivity contribution < 1.29 is 13.9 Å². The molecule has 2 heterocycles. The first-order valence-corrected chi connectivity index (χ1v) is 12.0. The number of halogens is 2. The van der Waals surface area contributed by atoms with E-state index in [2.05, 4.69) is 15.1 Å². The highest BCUT2D eigenvalue weighted by Crippen LogP contribution is 2.33. The molecule has 4 fully saturated rings. The molecule has 29 heavy (non-hydrogen) atoms. The van der Waals surface area contributed by atoms with E-state index in [1.165, 1.54) is 20.0 Å². The molecule has 2 aliphatic carbocycles. The highest BCUT2D eigenvalue weighted by atomic mass is 35.5. The second kappa shape index (κ2) is 9.80. The number of esters is 1. The van der Waals surface area contributed by atoms with Crippen molar-refractivity contribution >= 4 is 17.6 Å². The van der Waals surface area contributed by atoms with E-state index in [4.69, 9.17) is 16.3 Å². The molecule has 7 heteroatoms. The quantitative estimate of drug-likeness (QED) is 0.537. The van der Waals surface area contributed by atoms with Gasteiger partial charge in [0.25, 0.3) is 0 Å². The van der Waals surface area contributed by atoms with E-state index in [1.807, 2.05) is 0 Å². The summed E-state index contributed by atoms with van der Waals surface area (Å²) >= 11 is 6.29. The fourth-order valence-corrected chi connectivity index (χ4v) is 6.29. The van der Waals surface area contributed by atoms with Crippen molar-refractivity contribution in [1.82, 2.24) is 15.1 Å². The van der Waals surface area contributed by atoms with Crippen LogP contribution in [-0.4, -0.2) is 78.9 Å². The van der Waals surface area contributed by atoms with Gasteiger partial charge in [-0.15, -0.1) is 11.6 Å². The number of rotatable bonds is 5. The number of hydrogen-bond acceptors (Lipinski definition) is 5. The smallest absolute Gasteiger partial charge is 0.323 e. The Morgan fingerprint density at radius 2 is 1.66 bits per heavy atom. The molecule has 3 atom stereocenters. The molecular weight excluding hydrogens is 393 g/mol. The second-order valence-electron chi connectivity index (χ2n) is 9.77. The SMILES string of the molecule is COC(=O)C1CC2NCN(CC3CCC(Cl)CC3)C2CN1CC1CCC(F)CC1. The van der Waals surface area contributed by atoms with E-state index in [9.17, 15) is 9.18 Å². The number of nitrogens with one attached hydrogen (secondary N) is 1. The maximum atomic E-state index is 13.6. The lowest BCUT2D eigenvalue weighted by molar-refractivity contribution is -0.149. The number of carbonyl (C=O) groups excluding carboxylic acids is 1. The minimum Gasteiger partial charge on any atom is -0.468 e. The third-order valence-electron chi connectivity index (χ3n) is 7.84. The van der Waals surface area contributed by atoms with Crippen LogP contribution in [0, 0.1) is 11.8 Å². The summed E-state index contributed by atoms with van der Waals surface area (Å²) in [7, 11) is 1.49. The number of carbonyl (C=O) groups is 1. The molecule has 0 spiro atoms. The first kappa shape index (κ1) is 21.8. The first-order chi connectivity index (χ1) is 14.0. The molecule has 1 N–H and O–H groups in total. The van der Waals surface area contributed by atoms with Gasteiger partial charge in [0, 0.05) is 43.8 Å². The summed E-state index contributed by atoms with van der Waals surface area (Å²) in [6.07, 6.45) is 8.10. The number of fused-ring (bicyclic) bond motifs is 1. The lowest BCUT2D eigenvalue weighted by Gasteiger charge is -2.44. The van der Waals surface area contributed by atoms with Crippen LogP contribution in [0.4, 0.5) is 4.39 Å². The fourth-order valence-electron chi connectivity index (χ4n) is 6.04. The molecule has 0 aromatic heterocycles. The molecule has 4 aliphatic rings. The Labute approximate surface area is 179 Å². The molecule has 0 aromatic carbocycles. The zero-order valence-corrected chi connectivity index (χ0v) is 18.5. The highest BCUT2D eigenvalue weighted by Gasteiger charge is 2.45. The van der Waals surface area contributed by atoms with Gasteiger partial charge in [-0.05, 0) is 69.6 Å². The third-order valence-corrected chi connectivity index (χ3v) is 8.28. The molecule has 0 aromatic rings. The van der Waals surface area contributed by atoms with Crippen LogP contribution < -0.4 is 5.32 Å². The van der Waals surface area contributed by atoms with Crippen molar-refractivity contribution in [2.24, 2.45) is 11.8 Å². The van der Waals surface area contributed by atoms with E-state index in [-0.39, 0.29) is 12.0 Å². The van der Waals surface area contributed by atoms with Crippen LogP contribution in [0.3, 0.4) is 0 Å². The number of likely N-dealkylation sites (tertiary alicyclic amines) is 1. The molecule has 166 valence electrons. The number of piperidine rings is 1. The predicted octanol–water partition coefficient (Wildman–Crippen LogP) is 3.16. The molecule has 0 amide bonds. The van der Waals surface area contributed by atoms with E-state index >= 15 is 0 Å². The van der Waals surface area contributed by atoms with Crippen molar-refractivity contribution in [2.75, 3.05) is 33.4 Å². The summed E-state index contributed by atoms with van der Waals surface area (Å²) in [4.78, 5) is 17.5. The van der Waals surface area contributed by atoms with Gasteiger partial charge in [-0.25, -0.2) is 4.39 Å². The lowest BCUT2D eigenvalue weighted by atomic mass is 9.85. The Kier molecular flexibility index (Phi) is 7.36. The molecule has 0 radical (unpaired) electrons. The largest absolute Gasteiger partial charge is 0.468 e. The number of nitrogens with zero attached hydrogens (tertiary/aromatic N) is 2. The van der Waals surface area contributed by atoms with Crippen molar-refractivity contribution in [1.29, 1.82) is 0 Å². The van der Waals surface area contributed by atoms with Gasteiger partial charge in [-0.3, -0.25) is 19.9 Å². The van der Waals surface area contributed by atoms with Gasteiger partial charge in [0.05, 0.1) is 7.11 Å². The summed E-state index contributed by atoms with van der Waals surface area (Å²) in [5.41, 5.74) is 0. The van der Waals surface area contributed by atoms with Gasteiger partial charge in [0.1, 0.15) is 12.2 Å². The van der Waals surface area contributed by atoms with Crippen LogP contribution in [0.5, 0.6) is 0 Å². The van der Waals surface area contributed by atoms with Gasteiger partial charge >= 0.3 is 5.97 Å². The van der Waals surface area contributed by atoms with Crippen LogP contribution in [0.25, 0.3) is 0 Å². The summed E-state index contributed by atoms with van der Waals surface area (Å²) < 4.78 is 18.7. The summed E-state index contributed by atoms with van der Waals surface area (Å²) in [5, 5.41) is 4.02. The number of hydrogen-bond donors (Lipinski definition) is 1. The van der Waals surface area contributed by atoms with Crippen LogP contribution in [0.1, 0.15) is 57.8 Å². The van der Waals surface area contributed by atoms with Crippen LogP contribution in [-0.2, 0) is 9.53 Å². The fraction of sp³-hybridized carbons (Fsp3) is 0.955. The van der Waals surface area contributed by atoms with Crippen LogP contribution >= 0.6 is 11.6 Å². The van der Waals surface area contributed by atoms with Gasteiger partial charge in [-0.2, -0.15) is 0 Å². The van der Waals surface area contributed by atoms with Crippen LogP contribution in [0.15, 0.2) is 0 Å². The average molecular weight is 430 g/mol. The topological polar surface area (TPSA) is 44.8 Å². The Morgan fingerprint density at radius 3 is 2.31 bits per heavy atom. The Bertz CT molecular complexity index is 552. The molecular formula is C22H37ClFN3O2. The van der Waals surface area contributed by atoms with Gasteiger partial charge in [0.2, 0.25) is 0 Å². The van der Waals surface area contributed by atoms with Gasteiger partial charge < -0.3 is 4.74 Å². The van der Waals surface area contributed by atoms with Crippen molar-refractivity contribution in [3.05, 3.63) is 0 Å². The molecule has 3 unspecified atom stereocenters. The number of ether oxygens (including phenoxy) is 1. The molecule has 2 saturated carbocycles. The molecule has 5 nitrogen and oxygen atoms in total. The van der Waals surface area contributed by atoms with E-state index in [1.54, 1.807) is 0 Å². The Morgan fingerprint density at radius 1 is 1.03 bits per heavy atom. The monoisotopic (exact) mass is 429 g/mol. The minimum atomic E-state index is -0.633. The second-order valence-corrected chi connectivity index (χ2v) is 10.4. The average Bonchev–Trinajstić information content (AvgIpc) is 3.12. The van der Waals surface area contributed by atoms with Gasteiger partial charge in [0.15, 0.2) is 0 Å². The Balaban J connectivity index is 1.39. The lowest BCUT2D eigenvalue weighted by Crippen LogP contribution is -2.59. The van der Waals surface area contributed by atoms with E-state index < -0.39 is 6.17 Å². The normalized spacial score (nSPS) is 41.8. The third kappa shape index (κ3) is 5.25. The summed E-state index contributed by atoms with van der Waals surface area (Å²) in [6.45, 7) is 3.82. The molecule has 2 saturated heterocycles. The summed E-state index contributed by atoms with van der Waals surface area (Å²) in [5.74, 6) is 1.10. The van der Waals surface area contributed by atoms with E-state index in [0.717, 1.165) is 64.3 Å². The highest BCUT2D eigenvalue weighted by molar-refractivity contribution is 6.20. The first-order valence-electron chi connectivity index (χ1n) is 11.6. The molecule has 2 aliphatic heterocycles. The molecule has 0 bridgehead atoms. The zero-order chi connectivity index (χ0) is 20.4. The standard InChI is InChI=1S/C22H37ClFN3O2/c1-29-22(28)20-10-19-21(13-26(20)11-16-4-8-18(24)9-5-16)27(14-25-19)12-15-2-6-17(23)7-3-15/h15-21,25H,2-14H2,1H3. The molecule has 4 rings (SSSR count). The van der Waals surface area contributed by atoms with Crippen molar-refractivity contribution in [3.8, 4) is 0 Å². The maximum Gasteiger partial charge on any atom is 0.323 e. The Hall–Kier alpha value is -0.430. The van der Waals surface area contributed by atoms with Crippen molar-refractivity contribution in [2.45, 2.75) is 87.5 Å². The maximum absolute atomic E-state index is 13.6. The van der Waals surface area contributed by atoms with Gasteiger partial charge in [-0.1, -0.05) is 0 Å².